The lowest BCUT2D eigenvalue weighted by Gasteiger charge is -2.06. The molecule has 1 heterocycles. The minimum absolute atomic E-state index is 0.0945. The molecule has 1 aromatic carbocycles. The molecule has 7 nitrogen and oxygen atoms in total. The summed E-state index contributed by atoms with van der Waals surface area (Å²) < 4.78 is 15.3. The van der Waals surface area contributed by atoms with E-state index >= 15 is 0 Å². The zero-order chi connectivity index (χ0) is 15.5. The first-order valence-corrected chi connectivity index (χ1v) is 7.16. The monoisotopic (exact) mass is 306 g/mol. The summed E-state index contributed by atoms with van der Waals surface area (Å²) in [5.74, 6) is 0.523. The van der Waals surface area contributed by atoms with Crippen LogP contribution in [0.2, 0.25) is 0 Å². The fourth-order valence-electron chi connectivity index (χ4n) is 2.39. The van der Waals surface area contributed by atoms with Gasteiger partial charge in [0.05, 0.1) is 18.4 Å². The van der Waals surface area contributed by atoms with Crippen molar-refractivity contribution in [1.82, 2.24) is 5.32 Å². The summed E-state index contributed by atoms with van der Waals surface area (Å²) in [7, 11) is 1.57. The van der Waals surface area contributed by atoms with Crippen LogP contribution in [0.5, 0.6) is 11.5 Å². The number of rotatable bonds is 6. The van der Waals surface area contributed by atoms with Crippen LogP contribution in [0.15, 0.2) is 18.2 Å². The number of ether oxygens (including phenoxy) is 3. The molecule has 1 aliphatic heterocycles. The van der Waals surface area contributed by atoms with Crippen molar-refractivity contribution in [2.75, 3.05) is 32.4 Å². The lowest BCUT2D eigenvalue weighted by molar-refractivity contribution is -0.125. The first-order chi connectivity index (χ1) is 10.7. The highest BCUT2D eigenvalue weighted by atomic mass is 16.7. The molecule has 1 aliphatic carbocycles. The molecule has 0 radical (unpaired) electrons. The Balaban J connectivity index is 1.50. The number of nitrogens with one attached hydrogen (secondary N) is 2. The molecule has 1 aromatic rings. The number of hydrogen-bond acceptors (Lipinski definition) is 5. The summed E-state index contributed by atoms with van der Waals surface area (Å²) in [6.45, 7) is 1.12. The van der Waals surface area contributed by atoms with Crippen LogP contribution in [0, 0.1) is 11.8 Å². The maximum absolute atomic E-state index is 12.1. The van der Waals surface area contributed by atoms with E-state index in [1.807, 2.05) is 0 Å². The van der Waals surface area contributed by atoms with Gasteiger partial charge < -0.3 is 24.8 Å². The highest BCUT2D eigenvalue weighted by molar-refractivity contribution is 5.99. The van der Waals surface area contributed by atoms with E-state index in [4.69, 9.17) is 14.2 Å². The van der Waals surface area contributed by atoms with E-state index in [0.29, 0.717) is 36.8 Å². The van der Waals surface area contributed by atoms with Gasteiger partial charge in [0.2, 0.25) is 18.6 Å². The minimum Gasteiger partial charge on any atom is -0.454 e. The largest absolute Gasteiger partial charge is 0.454 e. The molecule has 22 heavy (non-hydrogen) atoms. The van der Waals surface area contributed by atoms with Gasteiger partial charge in [0, 0.05) is 25.4 Å². The van der Waals surface area contributed by atoms with Crippen molar-refractivity contribution < 1.29 is 23.8 Å². The number of carbonyl (C=O) groups excluding carboxylic acids is 2. The maximum atomic E-state index is 12.1. The summed E-state index contributed by atoms with van der Waals surface area (Å²) in [6, 6.07) is 5.22. The minimum atomic E-state index is -0.270. The normalized spacial score (nSPS) is 21.3. The molecular weight excluding hydrogens is 288 g/mol. The van der Waals surface area contributed by atoms with Crippen molar-refractivity contribution in [3.8, 4) is 11.5 Å². The van der Waals surface area contributed by atoms with Crippen molar-refractivity contribution in [3.05, 3.63) is 18.2 Å². The molecule has 2 unspecified atom stereocenters. The Bertz CT molecular complexity index is 589. The first-order valence-electron chi connectivity index (χ1n) is 7.16. The van der Waals surface area contributed by atoms with Crippen LogP contribution in [0.1, 0.15) is 6.42 Å². The Morgan fingerprint density at radius 2 is 2.00 bits per heavy atom. The molecule has 0 saturated heterocycles. The van der Waals surface area contributed by atoms with Gasteiger partial charge in [-0.05, 0) is 18.6 Å². The van der Waals surface area contributed by atoms with Crippen molar-refractivity contribution in [1.29, 1.82) is 0 Å². The highest BCUT2D eigenvalue weighted by Crippen LogP contribution is 2.40. The Labute approximate surface area is 127 Å². The molecule has 2 amide bonds. The summed E-state index contributed by atoms with van der Waals surface area (Å²) in [5, 5.41) is 5.55. The molecular formula is C15H18N2O5. The lowest BCUT2D eigenvalue weighted by Crippen LogP contribution is -2.30. The Kier molecular flexibility index (Phi) is 4.15. The third-order valence-electron chi connectivity index (χ3n) is 3.71. The molecule has 1 saturated carbocycles. The molecule has 3 rings (SSSR count). The van der Waals surface area contributed by atoms with Gasteiger partial charge in [0.25, 0.3) is 0 Å². The maximum Gasteiger partial charge on any atom is 0.231 e. The number of carbonyl (C=O) groups is 2. The summed E-state index contributed by atoms with van der Waals surface area (Å²) in [5.41, 5.74) is 0.639. The van der Waals surface area contributed by atoms with Gasteiger partial charge in [0.1, 0.15) is 0 Å². The fourth-order valence-corrected chi connectivity index (χ4v) is 2.39. The van der Waals surface area contributed by atoms with E-state index in [0.717, 1.165) is 0 Å². The molecule has 7 heteroatoms. The molecule has 0 bridgehead atoms. The predicted octanol–water partition coefficient (Wildman–Crippen LogP) is 0.752. The van der Waals surface area contributed by atoms with E-state index in [1.54, 1.807) is 25.3 Å². The smallest absolute Gasteiger partial charge is 0.231 e. The van der Waals surface area contributed by atoms with Crippen LogP contribution in [0.4, 0.5) is 5.69 Å². The number of fused-ring (bicyclic) bond motifs is 1. The second kappa shape index (κ2) is 6.23. The van der Waals surface area contributed by atoms with Crippen molar-refractivity contribution in [3.63, 3.8) is 0 Å². The first kappa shape index (κ1) is 14.6. The van der Waals surface area contributed by atoms with Crippen LogP contribution in [0.3, 0.4) is 0 Å². The standard InChI is InChI=1S/C15H18N2O5/c1-20-5-4-16-14(18)10-7-11(10)15(19)17-9-2-3-12-13(6-9)22-8-21-12/h2-3,6,10-11H,4-5,7-8H2,1H3,(H,16,18)(H,17,19). The second-order valence-electron chi connectivity index (χ2n) is 5.29. The Morgan fingerprint density at radius 1 is 1.23 bits per heavy atom. The van der Waals surface area contributed by atoms with Crippen molar-refractivity contribution in [2.45, 2.75) is 6.42 Å². The molecule has 2 N–H and O–H groups in total. The van der Waals surface area contributed by atoms with Crippen molar-refractivity contribution >= 4 is 17.5 Å². The van der Waals surface area contributed by atoms with Gasteiger partial charge in [-0.1, -0.05) is 0 Å². The van der Waals surface area contributed by atoms with E-state index < -0.39 is 0 Å². The zero-order valence-electron chi connectivity index (χ0n) is 12.3. The van der Waals surface area contributed by atoms with E-state index in [9.17, 15) is 9.59 Å². The van der Waals surface area contributed by atoms with Crippen molar-refractivity contribution in [2.24, 2.45) is 11.8 Å². The molecule has 1 fully saturated rings. The topological polar surface area (TPSA) is 85.9 Å². The van der Waals surface area contributed by atoms with Gasteiger partial charge in [-0.2, -0.15) is 0 Å². The summed E-state index contributed by atoms with van der Waals surface area (Å²) in [4.78, 5) is 23.9. The summed E-state index contributed by atoms with van der Waals surface area (Å²) >= 11 is 0. The van der Waals surface area contributed by atoms with Crippen LogP contribution < -0.4 is 20.1 Å². The predicted molar refractivity (Wildman–Crippen MR) is 77.7 cm³/mol. The average Bonchev–Trinajstić information content (AvgIpc) is 3.19. The molecule has 0 spiro atoms. The quantitative estimate of drug-likeness (QED) is 0.758. The second-order valence-corrected chi connectivity index (χ2v) is 5.29. The fraction of sp³-hybridized carbons (Fsp3) is 0.467. The van der Waals surface area contributed by atoms with E-state index in [-0.39, 0.29) is 30.4 Å². The molecule has 0 aromatic heterocycles. The van der Waals surface area contributed by atoms with Gasteiger partial charge in [-0.15, -0.1) is 0 Å². The van der Waals surface area contributed by atoms with Crippen LogP contribution in [0.25, 0.3) is 0 Å². The van der Waals surface area contributed by atoms with Crippen LogP contribution in [-0.2, 0) is 14.3 Å². The number of hydrogen-bond donors (Lipinski definition) is 2. The third kappa shape index (κ3) is 3.14. The molecule has 2 atom stereocenters. The summed E-state index contributed by atoms with van der Waals surface area (Å²) in [6.07, 6.45) is 0.579. The van der Waals surface area contributed by atoms with Crippen LogP contribution in [-0.4, -0.2) is 38.9 Å². The SMILES string of the molecule is COCCNC(=O)C1CC1C(=O)Nc1ccc2c(c1)OCO2. The number of anilines is 1. The van der Waals surface area contributed by atoms with E-state index in [1.165, 1.54) is 0 Å². The molecule has 2 aliphatic rings. The Hall–Kier alpha value is -2.28. The lowest BCUT2D eigenvalue weighted by atomic mass is 10.2. The number of amides is 2. The molecule has 118 valence electrons. The van der Waals surface area contributed by atoms with E-state index in [2.05, 4.69) is 10.6 Å². The number of methoxy groups -OCH3 is 1. The van der Waals surface area contributed by atoms with Gasteiger partial charge in [-0.3, -0.25) is 9.59 Å². The van der Waals surface area contributed by atoms with Gasteiger partial charge in [-0.25, -0.2) is 0 Å². The Morgan fingerprint density at radius 3 is 2.82 bits per heavy atom. The highest BCUT2D eigenvalue weighted by Gasteiger charge is 2.47. The van der Waals surface area contributed by atoms with Crippen LogP contribution >= 0.6 is 0 Å². The number of benzene rings is 1. The van der Waals surface area contributed by atoms with Gasteiger partial charge in [0.15, 0.2) is 11.5 Å². The third-order valence-corrected chi connectivity index (χ3v) is 3.71. The zero-order valence-corrected chi connectivity index (χ0v) is 12.3. The van der Waals surface area contributed by atoms with Gasteiger partial charge >= 0.3 is 0 Å². The average molecular weight is 306 g/mol.